The molecule has 0 spiro atoms. The van der Waals surface area contributed by atoms with E-state index in [0.717, 1.165) is 5.56 Å². The van der Waals surface area contributed by atoms with Gasteiger partial charge in [0.25, 0.3) is 5.91 Å². The van der Waals surface area contributed by atoms with Crippen molar-refractivity contribution in [3.63, 3.8) is 0 Å². The van der Waals surface area contributed by atoms with Gasteiger partial charge in [-0.1, -0.05) is 6.07 Å². The number of rotatable bonds is 7. The molecule has 0 atom stereocenters. The van der Waals surface area contributed by atoms with Crippen LogP contribution in [0.2, 0.25) is 0 Å². The van der Waals surface area contributed by atoms with Gasteiger partial charge in [0.2, 0.25) is 0 Å². The zero-order valence-electron chi connectivity index (χ0n) is 14.5. The lowest BCUT2D eigenvalue weighted by Crippen LogP contribution is -2.23. The van der Waals surface area contributed by atoms with Gasteiger partial charge in [-0.05, 0) is 45.8 Å². The molecule has 0 aliphatic rings. The molecule has 0 heterocycles. The van der Waals surface area contributed by atoms with E-state index < -0.39 is 0 Å². The molecule has 0 aromatic heterocycles. The average Bonchev–Trinajstić information content (AvgIpc) is 2.65. The van der Waals surface area contributed by atoms with Crippen molar-refractivity contribution in [3.05, 3.63) is 45.9 Å². The summed E-state index contributed by atoms with van der Waals surface area (Å²) in [5, 5.41) is 2.86. The number of carbonyl (C=O) groups is 1. The van der Waals surface area contributed by atoms with E-state index >= 15 is 0 Å². The van der Waals surface area contributed by atoms with Crippen molar-refractivity contribution < 1.29 is 23.7 Å². The number of hydrogen-bond acceptors (Lipinski definition) is 5. The van der Waals surface area contributed by atoms with Gasteiger partial charge in [0, 0.05) is 12.1 Å². The minimum absolute atomic E-state index is 0.237. The number of methoxy groups -OCH3 is 4. The first-order valence-corrected chi connectivity index (χ1v) is 8.24. The Bertz CT molecular complexity index is 738. The number of ether oxygens (including phenoxy) is 4. The van der Waals surface area contributed by atoms with Gasteiger partial charge in [0.05, 0.1) is 28.4 Å². The first kappa shape index (κ1) is 18.9. The Morgan fingerprint density at radius 2 is 1.44 bits per heavy atom. The Labute approximate surface area is 155 Å². The van der Waals surface area contributed by atoms with Gasteiger partial charge in [-0.3, -0.25) is 4.79 Å². The van der Waals surface area contributed by atoms with Crippen LogP contribution in [0.5, 0.6) is 23.0 Å². The van der Waals surface area contributed by atoms with Gasteiger partial charge < -0.3 is 24.3 Å². The normalized spacial score (nSPS) is 10.1. The van der Waals surface area contributed by atoms with Crippen molar-refractivity contribution in [2.45, 2.75) is 6.54 Å². The monoisotopic (exact) mass is 409 g/mol. The lowest BCUT2D eigenvalue weighted by Gasteiger charge is -2.13. The molecular formula is C18H20BrNO5. The van der Waals surface area contributed by atoms with Crippen LogP contribution >= 0.6 is 15.9 Å². The van der Waals surface area contributed by atoms with Crippen LogP contribution in [-0.2, 0) is 6.54 Å². The molecule has 0 saturated heterocycles. The van der Waals surface area contributed by atoms with Crippen molar-refractivity contribution in [1.82, 2.24) is 5.32 Å². The Morgan fingerprint density at radius 1 is 0.880 bits per heavy atom. The second-order valence-corrected chi connectivity index (χ2v) is 5.86. The molecule has 1 amide bonds. The van der Waals surface area contributed by atoms with Crippen LogP contribution in [0.15, 0.2) is 34.8 Å². The second kappa shape index (κ2) is 8.62. The molecule has 25 heavy (non-hydrogen) atoms. The van der Waals surface area contributed by atoms with E-state index in [1.54, 1.807) is 32.4 Å². The molecule has 2 aromatic rings. The number of amides is 1. The first-order chi connectivity index (χ1) is 12.0. The van der Waals surface area contributed by atoms with Crippen LogP contribution in [0.1, 0.15) is 15.9 Å². The number of carbonyl (C=O) groups excluding carboxylic acids is 1. The van der Waals surface area contributed by atoms with E-state index in [9.17, 15) is 4.79 Å². The molecule has 0 radical (unpaired) electrons. The maximum atomic E-state index is 12.4. The van der Waals surface area contributed by atoms with E-state index in [1.807, 2.05) is 12.1 Å². The summed E-state index contributed by atoms with van der Waals surface area (Å²) >= 11 is 3.38. The Balaban J connectivity index is 2.15. The van der Waals surface area contributed by atoms with Crippen molar-refractivity contribution >= 4 is 21.8 Å². The molecule has 2 rings (SSSR count). The standard InChI is InChI=1S/C18H20BrNO5/c1-22-13-6-5-11(7-14(13)23-2)10-20-18(21)12-8-15(24-3)17(19)16(9-12)25-4/h5-9H,10H2,1-4H3,(H,20,21). The van der Waals surface area contributed by atoms with Gasteiger partial charge in [-0.2, -0.15) is 0 Å². The van der Waals surface area contributed by atoms with Crippen molar-refractivity contribution in [1.29, 1.82) is 0 Å². The molecule has 0 unspecified atom stereocenters. The highest BCUT2D eigenvalue weighted by atomic mass is 79.9. The minimum Gasteiger partial charge on any atom is -0.495 e. The molecule has 0 bridgehead atoms. The van der Waals surface area contributed by atoms with Crippen LogP contribution in [0.3, 0.4) is 0 Å². The maximum absolute atomic E-state index is 12.4. The number of halogens is 1. The smallest absolute Gasteiger partial charge is 0.251 e. The quantitative estimate of drug-likeness (QED) is 0.758. The van der Waals surface area contributed by atoms with Crippen LogP contribution in [0.4, 0.5) is 0 Å². The molecular weight excluding hydrogens is 390 g/mol. The fourth-order valence-corrected chi connectivity index (χ4v) is 2.83. The van der Waals surface area contributed by atoms with Crippen LogP contribution < -0.4 is 24.3 Å². The van der Waals surface area contributed by atoms with E-state index in [2.05, 4.69) is 21.2 Å². The zero-order chi connectivity index (χ0) is 18.4. The summed E-state index contributed by atoms with van der Waals surface area (Å²) in [5.41, 5.74) is 1.33. The third-order valence-corrected chi connectivity index (χ3v) is 4.39. The van der Waals surface area contributed by atoms with Crippen molar-refractivity contribution in [3.8, 4) is 23.0 Å². The Hall–Kier alpha value is -2.41. The summed E-state index contributed by atoms with van der Waals surface area (Å²) in [5.74, 6) is 2.06. The van der Waals surface area contributed by atoms with E-state index in [0.29, 0.717) is 39.6 Å². The average molecular weight is 410 g/mol. The highest BCUT2D eigenvalue weighted by molar-refractivity contribution is 9.10. The zero-order valence-corrected chi connectivity index (χ0v) is 16.1. The molecule has 2 aromatic carbocycles. The molecule has 6 nitrogen and oxygen atoms in total. The summed E-state index contributed by atoms with van der Waals surface area (Å²) in [6.07, 6.45) is 0. The van der Waals surface area contributed by atoms with E-state index in [-0.39, 0.29) is 5.91 Å². The summed E-state index contributed by atoms with van der Waals surface area (Å²) in [7, 11) is 6.21. The summed E-state index contributed by atoms with van der Waals surface area (Å²) < 4.78 is 21.7. The molecule has 0 aliphatic heterocycles. The lowest BCUT2D eigenvalue weighted by atomic mass is 10.1. The number of nitrogens with one attached hydrogen (secondary N) is 1. The summed E-state index contributed by atoms with van der Waals surface area (Å²) in [6, 6.07) is 8.78. The first-order valence-electron chi connectivity index (χ1n) is 7.44. The second-order valence-electron chi connectivity index (χ2n) is 5.07. The predicted molar refractivity (Wildman–Crippen MR) is 98.0 cm³/mol. The van der Waals surface area contributed by atoms with Gasteiger partial charge in [-0.25, -0.2) is 0 Å². The van der Waals surface area contributed by atoms with Gasteiger partial charge >= 0.3 is 0 Å². The molecule has 0 saturated carbocycles. The lowest BCUT2D eigenvalue weighted by molar-refractivity contribution is 0.0950. The molecule has 1 N–H and O–H groups in total. The topological polar surface area (TPSA) is 66.0 Å². The fraction of sp³-hybridized carbons (Fsp3) is 0.278. The SMILES string of the molecule is COc1ccc(CNC(=O)c2cc(OC)c(Br)c(OC)c2)cc1OC. The number of hydrogen-bond donors (Lipinski definition) is 1. The number of benzene rings is 2. The van der Waals surface area contributed by atoms with Gasteiger partial charge in [0.15, 0.2) is 11.5 Å². The Kier molecular flexibility index (Phi) is 6.52. The summed E-state index contributed by atoms with van der Waals surface area (Å²) in [6.45, 7) is 0.347. The third kappa shape index (κ3) is 4.36. The Morgan fingerprint density at radius 3 is 1.96 bits per heavy atom. The van der Waals surface area contributed by atoms with Crippen molar-refractivity contribution in [2.24, 2.45) is 0 Å². The van der Waals surface area contributed by atoms with Gasteiger partial charge in [-0.15, -0.1) is 0 Å². The van der Waals surface area contributed by atoms with Gasteiger partial charge in [0.1, 0.15) is 16.0 Å². The summed E-state index contributed by atoms with van der Waals surface area (Å²) in [4.78, 5) is 12.4. The fourth-order valence-electron chi connectivity index (χ4n) is 2.28. The molecule has 7 heteroatoms. The third-order valence-electron chi connectivity index (χ3n) is 3.61. The molecule has 0 aliphatic carbocycles. The van der Waals surface area contributed by atoms with Crippen LogP contribution in [0.25, 0.3) is 0 Å². The highest BCUT2D eigenvalue weighted by Gasteiger charge is 2.15. The van der Waals surface area contributed by atoms with Crippen molar-refractivity contribution in [2.75, 3.05) is 28.4 Å². The maximum Gasteiger partial charge on any atom is 0.251 e. The van der Waals surface area contributed by atoms with Crippen LogP contribution in [-0.4, -0.2) is 34.3 Å². The van der Waals surface area contributed by atoms with Crippen LogP contribution in [0, 0.1) is 0 Å². The largest absolute Gasteiger partial charge is 0.495 e. The van der Waals surface area contributed by atoms with E-state index in [4.69, 9.17) is 18.9 Å². The minimum atomic E-state index is -0.237. The van der Waals surface area contributed by atoms with E-state index in [1.165, 1.54) is 14.2 Å². The highest BCUT2D eigenvalue weighted by Crippen LogP contribution is 2.35. The molecule has 0 fully saturated rings. The predicted octanol–water partition coefficient (Wildman–Crippen LogP) is 3.41. The molecule has 134 valence electrons.